The molecule has 167 valence electrons. The Bertz CT molecular complexity index is 870. The largest absolute Gasteiger partial charge is 0.417 e. The van der Waals surface area contributed by atoms with E-state index in [0.29, 0.717) is 25.1 Å². The van der Waals surface area contributed by atoms with Gasteiger partial charge < -0.3 is 5.32 Å². The first-order valence-electron chi connectivity index (χ1n) is 9.54. The minimum atomic E-state index is -4.64. The van der Waals surface area contributed by atoms with Crippen LogP contribution in [0.3, 0.4) is 0 Å². The van der Waals surface area contributed by atoms with Crippen LogP contribution < -0.4 is 5.32 Å². The standard InChI is InChI=1S/C19H25F3N3O4S/c1-12(2)4-8-17(27)24-15-7-5-13(3)25(11-16(15)26)30(28,29)18-9-6-14(10-23-18)19(20,21)22/h6,8-10,12-13,15H,4-5,7,11H2,1-3H3,(H,24,27)/t13-,15+/m1/s1. The predicted molar refractivity (Wildman–Crippen MR) is 103 cm³/mol. The molecule has 1 amide bonds. The summed E-state index contributed by atoms with van der Waals surface area (Å²) in [5.74, 6) is -0.603. The van der Waals surface area contributed by atoms with E-state index in [1.165, 1.54) is 6.42 Å². The molecule has 0 bridgehead atoms. The number of rotatable bonds is 6. The molecule has 1 aromatic heterocycles. The molecule has 1 aliphatic heterocycles. The van der Waals surface area contributed by atoms with Crippen LogP contribution in [0.5, 0.6) is 0 Å². The normalized spacial score (nSPS) is 21.5. The second-order valence-electron chi connectivity index (χ2n) is 7.72. The second kappa shape index (κ2) is 9.42. The molecule has 0 aliphatic carbocycles. The number of Topliss-reactive ketones (excluding diaryl/α,β-unsaturated/α-hetero) is 1. The van der Waals surface area contributed by atoms with E-state index >= 15 is 0 Å². The molecule has 2 atom stereocenters. The highest BCUT2D eigenvalue weighted by atomic mass is 32.2. The molecule has 2 rings (SSSR count). The number of sulfonamides is 1. The highest BCUT2D eigenvalue weighted by Gasteiger charge is 2.38. The number of halogens is 3. The van der Waals surface area contributed by atoms with Crippen LogP contribution >= 0.6 is 0 Å². The maximum absolute atomic E-state index is 12.9. The highest BCUT2D eigenvalue weighted by molar-refractivity contribution is 7.89. The molecule has 2 heterocycles. The van der Waals surface area contributed by atoms with Crippen molar-refractivity contribution in [3.63, 3.8) is 0 Å². The van der Waals surface area contributed by atoms with Crippen LogP contribution in [0, 0.1) is 12.3 Å². The number of ketones is 1. The number of carbonyl (C=O) groups excluding carboxylic acids is 2. The van der Waals surface area contributed by atoms with Gasteiger partial charge in [-0.1, -0.05) is 13.8 Å². The van der Waals surface area contributed by atoms with Crippen LogP contribution in [0.2, 0.25) is 0 Å². The summed E-state index contributed by atoms with van der Waals surface area (Å²) in [5, 5.41) is 2.05. The minimum Gasteiger partial charge on any atom is -0.346 e. The number of alkyl halides is 3. The minimum absolute atomic E-state index is 0.258. The maximum atomic E-state index is 12.9. The average Bonchev–Trinajstić information content (AvgIpc) is 2.79. The molecule has 11 heteroatoms. The Labute approximate surface area is 174 Å². The topological polar surface area (TPSA) is 96.4 Å². The van der Waals surface area contributed by atoms with Gasteiger partial charge in [0.1, 0.15) is 0 Å². The van der Waals surface area contributed by atoms with Crippen molar-refractivity contribution in [1.82, 2.24) is 14.6 Å². The highest BCUT2D eigenvalue weighted by Crippen LogP contribution is 2.30. The van der Waals surface area contributed by atoms with E-state index < -0.39 is 57.1 Å². The third kappa shape index (κ3) is 6.00. The van der Waals surface area contributed by atoms with E-state index in [2.05, 4.69) is 10.3 Å². The van der Waals surface area contributed by atoms with Gasteiger partial charge in [0.15, 0.2) is 10.8 Å². The zero-order chi connectivity index (χ0) is 22.7. The van der Waals surface area contributed by atoms with Gasteiger partial charge >= 0.3 is 6.18 Å². The lowest BCUT2D eigenvalue weighted by Crippen LogP contribution is -2.45. The molecular formula is C19H25F3N3O4S. The van der Waals surface area contributed by atoms with Crippen molar-refractivity contribution in [3.05, 3.63) is 30.3 Å². The molecule has 0 saturated carbocycles. The summed E-state index contributed by atoms with van der Waals surface area (Å²) in [6.45, 7) is 4.99. The average molecular weight is 448 g/mol. The lowest BCUT2D eigenvalue weighted by molar-refractivity contribution is -0.137. The fraction of sp³-hybridized carbons (Fsp3) is 0.579. The lowest BCUT2D eigenvalue weighted by Gasteiger charge is -2.25. The maximum Gasteiger partial charge on any atom is 0.417 e. The molecule has 1 radical (unpaired) electrons. The summed E-state index contributed by atoms with van der Waals surface area (Å²) in [7, 11) is -4.29. The van der Waals surface area contributed by atoms with Crippen molar-refractivity contribution in [2.45, 2.75) is 63.3 Å². The first kappa shape index (κ1) is 24.3. The number of nitrogens with one attached hydrogen (secondary N) is 1. The van der Waals surface area contributed by atoms with Gasteiger partial charge in [-0.3, -0.25) is 9.59 Å². The number of pyridine rings is 1. The molecular weight excluding hydrogens is 423 g/mol. The van der Waals surface area contributed by atoms with Gasteiger partial charge in [-0.15, -0.1) is 0 Å². The molecule has 1 saturated heterocycles. The summed E-state index contributed by atoms with van der Waals surface area (Å²) >= 11 is 0. The molecule has 30 heavy (non-hydrogen) atoms. The third-order valence-corrected chi connectivity index (χ3v) is 6.67. The molecule has 0 spiro atoms. The van der Waals surface area contributed by atoms with Gasteiger partial charge in [-0.2, -0.15) is 17.5 Å². The van der Waals surface area contributed by atoms with Gasteiger partial charge in [0.25, 0.3) is 10.0 Å². The number of hydrogen-bond acceptors (Lipinski definition) is 5. The first-order chi connectivity index (χ1) is 13.8. The second-order valence-corrected chi connectivity index (χ2v) is 9.56. The molecule has 1 fully saturated rings. The predicted octanol–water partition coefficient (Wildman–Crippen LogP) is 2.58. The fourth-order valence-electron chi connectivity index (χ4n) is 3.00. The zero-order valence-electron chi connectivity index (χ0n) is 16.9. The van der Waals surface area contributed by atoms with Gasteiger partial charge in [0, 0.05) is 18.7 Å². The summed E-state index contributed by atoms with van der Waals surface area (Å²) < 4.78 is 64.8. The van der Waals surface area contributed by atoms with E-state index in [-0.39, 0.29) is 12.3 Å². The van der Waals surface area contributed by atoms with Crippen LogP contribution in [0.25, 0.3) is 0 Å². The van der Waals surface area contributed by atoms with Crippen molar-refractivity contribution in [3.8, 4) is 0 Å². The molecule has 1 aromatic rings. The Kier molecular flexibility index (Phi) is 7.62. The number of nitrogens with zero attached hydrogens (tertiary/aromatic N) is 2. The summed E-state index contributed by atoms with van der Waals surface area (Å²) in [5.41, 5.74) is -1.07. The van der Waals surface area contributed by atoms with E-state index in [0.717, 1.165) is 10.4 Å². The number of amides is 1. The van der Waals surface area contributed by atoms with E-state index in [4.69, 9.17) is 0 Å². The smallest absolute Gasteiger partial charge is 0.346 e. The fourth-order valence-corrected chi connectivity index (χ4v) is 4.54. The number of carbonyl (C=O) groups is 2. The van der Waals surface area contributed by atoms with E-state index in [9.17, 15) is 31.2 Å². The Hall–Kier alpha value is -2.01. The number of hydrogen-bond donors (Lipinski definition) is 1. The SMILES string of the molecule is CC(C)C[CH]C(=O)N[C@H]1CC[C@@H](C)N(S(=O)(=O)c2ccc(C(F)(F)F)cn2)CC1=O. The van der Waals surface area contributed by atoms with Gasteiger partial charge in [-0.25, -0.2) is 13.4 Å². The van der Waals surface area contributed by atoms with Crippen molar-refractivity contribution in [2.75, 3.05) is 6.54 Å². The lowest BCUT2D eigenvalue weighted by atomic mass is 10.0. The Morgan fingerprint density at radius 3 is 2.53 bits per heavy atom. The monoisotopic (exact) mass is 448 g/mol. The Balaban J connectivity index is 2.16. The molecule has 0 aromatic carbocycles. The number of aromatic nitrogens is 1. The first-order valence-corrected chi connectivity index (χ1v) is 11.0. The van der Waals surface area contributed by atoms with E-state index in [1.807, 2.05) is 13.8 Å². The van der Waals surface area contributed by atoms with Crippen LogP contribution in [0.1, 0.15) is 45.6 Å². The van der Waals surface area contributed by atoms with Crippen LogP contribution in [-0.4, -0.2) is 48.0 Å². The van der Waals surface area contributed by atoms with Crippen LogP contribution in [0.4, 0.5) is 13.2 Å². The molecule has 7 nitrogen and oxygen atoms in total. The molecule has 1 N–H and O–H groups in total. The van der Waals surface area contributed by atoms with Crippen LogP contribution in [-0.2, 0) is 25.8 Å². The summed E-state index contributed by atoms with van der Waals surface area (Å²) in [6, 6.07) is -0.00765. The Morgan fingerprint density at radius 2 is 2.00 bits per heavy atom. The zero-order valence-corrected chi connectivity index (χ0v) is 17.8. The third-order valence-electron chi connectivity index (χ3n) is 4.79. The molecule has 1 aliphatic rings. The quantitative estimate of drug-likeness (QED) is 0.722. The van der Waals surface area contributed by atoms with Crippen molar-refractivity contribution >= 4 is 21.7 Å². The molecule has 0 unspecified atom stereocenters. The summed E-state index contributed by atoms with van der Waals surface area (Å²) in [4.78, 5) is 28.1. The van der Waals surface area contributed by atoms with Crippen molar-refractivity contribution < 1.29 is 31.2 Å². The van der Waals surface area contributed by atoms with Gasteiger partial charge in [-0.05, 0) is 44.2 Å². The van der Waals surface area contributed by atoms with Gasteiger partial charge in [0.05, 0.1) is 18.2 Å². The van der Waals surface area contributed by atoms with Gasteiger partial charge in [0.2, 0.25) is 5.91 Å². The van der Waals surface area contributed by atoms with Crippen molar-refractivity contribution in [1.29, 1.82) is 0 Å². The Morgan fingerprint density at radius 1 is 1.33 bits per heavy atom. The summed E-state index contributed by atoms with van der Waals surface area (Å²) in [6.07, 6.45) is -1.64. The van der Waals surface area contributed by atoms with Crippen molar-refractivity contribution in [2.24, 2.45) is 5.92 Å². The van der Waals surface area contributed by atoms with Crippen LogP contribution in [0.15, 0.2) is 23.4 Å². The van der Waals surface area contributed by atoms with E-state index in [1.54, 1.807) is 6.92 Å².